The summed E-state index contributed by atoms with van der Waals surface area (Å²) < 4.78 is 0. The van der Waals surface area contributed by atoms with Crippen LogP contribution in [0.25, 0.3) is 0 Å². The Morgan fingerprint density at radius 3 is 2.15 bits per heavy atom. The van der Waals surface area contributed by atoms with Crippen molar-refractivity contribution in [3.05, 3.63) is 0 Å². The second kappa shape index (κ2) is 6.48. The number of hydrogen-bond donors (Lipinski definition) is 1. The summed E-state index contributed by atoms with van der Waals surface area (Å²) in [5, 5.41) is 21.3. The number of hydrogen-bond acceptors (Lipinski definition) is 2. The Morgan fingerprint density at radius 2 is 1.60 bits per heavy atom. The maximum absolute atomic E-state index is 11.4. The number of rotatable bonds is 2. The molecule has 20 heavy (non-hydrogen) atoms. The molecule has 2 rings (SSSR count). The summed E-state index contributed by atoms with van der Waals surface area (Å²) in [6.07, 6.45) is 11.8. The van der Waals surface area contributed by atoms with Crippen LogP contribution in [0.3, 0.4) is 0 Å². The zero-order chi connectivity index (χ0) is 14.6. The highest BCUT2D eigenvalue weighted by atomic mass is 16.3. The monoisotopic (exact) mass is 277 g/mol. The Kier molecular flexibility index (Phi) is 5.13. The molecule has 0 radical (unpaired) electrons. The second-order valence-electron chi connectivity index (χ2n) is 7.59. The van der Waals surface area contributed by atoms with Crippen molar-refractivity contribution >= 4 is 0 Å². The van der Waals surface area contributed by atoms with E-state index in [0.29, 0.717) is 11.8 Å². The van der Waals surface area contributed by atoms with Gasteiger partial charge in [0, 0.05) is 0 Å². The van der Waals surface area contributed by atoms with Crippen molar-refractivity contribution in [1.29, 1.82) is 5.26 Å². The minimum Gasteiger partial charge on any atom is -0.388 e. The summed E-state index contributed by atoms with van der Waals surface area (Å²) in [5.41, 5.74) is -1.20. The van der Waals surface area contributed by atoms with Crippen LogP contribution in [-0.4, -0.2) is 10.7 Å². The quantitative estimate of drug-likeness (QED) is 0.786. The van der Waals surface area contributed by atoms with Gasteiger partial charge in [-0.15, -0.1) is 0 Å². The van der Waals surface area contributed by atoms with Gasteiger partial charge in [-0.1, -0.05) is 52.4 Å². The van der Waals surface area contributed by atoms with Crippen LogP contribution in [0.4, 0.5) is 0 Å². The minimum absolute atomic E-state index is 0.471. The molecule has 0 aliphatic heterocycles. The first-order valence-corrected chi connectivity index (χ1v) is 8.67. The van der Waals surface area contributed by atoms with Crippen molar-refractivity contribution in [2.45, 2.75) is 90.1 Å². The third-order valence-corrected chi connectivity index (χ3v) is 6.02. The molecule has 2 atom stereocenters. The lowest BCUT2D eigenvalue weighted by molar-refractivity contribution is -0.111. The molecule has 2 aliphatic carbocycles. The minimum atomic E-state index is -0.730. The van der Waals surface area contributed by atoms with Gasteiger partial charge in [0.25, 0.3) is 0 Å². The van der Waals surface area contributed by atoms with E-state index < -0.39 is 11.0 Å². The van der Waals surface area contributed by atoms with Crippen LogP contribution in [-0.2, 0) is 0 Å². The van der Waals surface area contributed by atoms with Crippen molar-refractivity contribution in [3.8, 4) is 6.07 Å². The number of nitrogens with zero attached hydrogens (tertiary/aromatic N) is 1. The molecular formula is C18H31NO. The fourth-order valence-corrected chi connectivity index (χ4v) is 4.49. The Morgan fingerprint density at radius 1 is 1.00 bits per heavy atom. The van der Waals surface area contributed by atoms with Gasteiger partial charge in [-0.25, -0.2) is 0 Å². The van der Waals surface area contributed by atoms with Crippen LogP contribution in [0.15, 0.2) is 0 Å². The standard InChI is InChI=1S/C18H31NO/c1-15(2)16-9-8-12-18(20,13-16)17(14-19)10-6-4-3-5-7-11-17/h15-16,20H,3-13H2,1-2H3. The van der Waals surface area contributed by atoms with E-state index in [1.165, 1.54) is 25.7 Å². The zero-order valence-corrected chi connectivity index (χ0v) is 13.3. The lowest BCUT2D eigenvalue weighted by Crippen LogP contribution is -2.51. The fourth-order valence-electron chi connectivity index (χ4n) is 4.49. The van der Waals surface area contributed by atoms with Crippen LogP contribution < -0.4 is 0 Å². The first-order valence-electron chi connectivity index (χ1n) is 8.67. The van der Waals surface area contributed by atoms with Crippen LogP contribution in [0.1, 0.15) is 84.5 Å². The molecular weight excluding hydrogens is 246 g/mol. The van der Waals surface area contributed by atoms with Crippen molar-refractivity contribution in [1.82, 2.24) is 0 Å². The van der Waals surface area contributed by atoms with Gasteiger partial charge >= 0.3 is 0 Å². The Hall–Kier alpha value is -0.550. The Labute approximate surface area is 124 Å². The summed E-state index contributed by atoms with van der Waals surface area (Å²) in [4.78, 5) is 0. The smallest absolute Gasteiger partial charge is 0.0860 e. The number of aliphatic hydroxyl groups is 1. The predicted octanol–water partition coefficient (Wildman–Crippen LogP) is 4.82. The molecule has 2 aliphatic rings. The van der Waals surface area contributed by atoms with Crippen molar-refractivity contribution in [2.24, 2.45) is 17.3 Å². The van der Waals surface area contributed by atoms with Crippen LogP contribution in [0.2, 0.25) is 0 Å². The molecule has 0 bridgehead atoms. The van der Waals surface area contributed by atoms with Gasteiger partial charge in [0.2, 0.25) is 0 Å². The van der Waals surface area contributed by atoms with E-state index in [-0.39, 0.29) is 0 Å². The molecule has 0 aromatic rings. The lowest BCUT2D eigenvalue weighted by atomic mass is 9.58. The SMILES string of the molecule is CC(C)C1CCCC(O)(C2(C#N)CCCCCCC2)C1. The third kappa shape index (κ3) is 3.03. The Balaban J connectivity index is 2.21. The lowest BCUT2D eigenvalue weighted by Gasteiger charge is -2.49. The highest BCUT2D eigenvalue weighted by molar-refractivity contribution is 5.13. The normalized spacial score (nSPS) is 35.0. The van der Waals surface area contributed by atoms with E-state index in [9.17, 15) is 10.4 Å². The first kappa shape index (κ1) is 15.8. The fraction of sp³-hybridized carbons (Fsp3) is 0.944. The van der Waals surface area contributed by atoms with Gasteiger partial charge in [-0.2, -0.15) is 5.26 Å². The summed E-state index contributed by atoms with van der Waals surface area (Å²) >= 11 is 0. The molecule has 2 heteroatoms. The average Bonchev–Trinajstić information content (AvgIpc) is 2.39. The van der Waals surface area contributed by atoms with Crippen molar-refractivity contribution in [2.75, 3.05) is 0 Å². The van der Waals surface area contributed by atoms with E-state index in [1.807, 2.05) is 0 Å². The predicted molar refractivity (Wildman–Crippen MR) is 82.1 cm³/mol. The molecule has 1 N–H and O–H groups in total. The summed E-state index contributed by atoms with van der Waals surface area (Å²) in [6.45, 7) is 4.52. The van der Waals surface area contributed by atoms with Crippen LogP contribution >= 0.6 is 0 Å². The summed E-state index contributed by atoms with van der Waals surface area (Å²) in [7, 11) is 0. The van der Waals surface area contributed by atoms with Gasteiger partial charge in [0.1, 0.15) is 0 Å². The van der Waals surface area contributed by atoms with E-state index in [4.69, 9.17) is 0 Å². The number of nitriles is 1. The van der Waals surface area contributed by atoms with E-state index in [2.05, 4.69) is 19.9 Å². The first-order chi connectivity index (χ1) is 9.53. The molecule has 0 saturated heterocycles. The summed E-state index contributed by atoms with van der Waals surface area (Å²) in [5.74, 6) is 1.20. The highest BCUT2D eigenvalue weighted by Crippen LogP contribution is 2.51. The van der Waals surface area contributed by atoms with E-state index >= 15 is 0 Å². The topological polar surface area (TPSA) is 44.0 Å². The van der Waals surface area contributed by atoms with Gasteiger partial charge < -0.3 is 5.11 Å². The molecule has 2 nitrogen and oxygen atoms in total. The van der Waals surface area contributed by atoms with Crippen LogP contribution in [0, 0.1) is 28.6 Å². The summed E-state index contributed by atoms with van der Waals surface area (Å²) in [6, 6.07) is 2.60. The molecule has 0 heterocycles. The molecule has 2 unspecified atom stereocenters. The molecule has 2 fully saturated rings. The molecule has 0 aromatic carbocycles. The van der Waals surface area contributed by atoms with Crippen LogP contribution in [0.5, 0.6) is 0 Å². The van der Waals surface area contributed by atoms with E-state index in [0.717, 1.165) is 44.9 Å². The van der Waals surface area contributed by atoms with Gasteiger partial charge in [-0.3, -0.25) is 0 Å². The average molecular weight is 277 g/mol. The maximum Gasteiger partial charge on any atom is 0.0860 e. The molecule has 2 saturated carbocycles. The van der Waals surface area contributed by atoms with Gasteiger partial charge in [-0.05, 0) is 43.9 Å². The Bertz CT molecular complexity index is 349. The second-order valence-corrected chi connectivity index (χ2v) is 7.59. The zero-order valence-electron chi connectivity index (χ0n) is 13.3. The molecule has 0 amide bonds. The van der Waals surface area contributed by atoms with E-state index in [1.54, 1.807) is 0 Å². The maximum atomic E-state index is 11.4. The van der Waals surface area contributed by atoms with Crippen molar-refractivity contribution in [3.63, 3.8) is 0 Å². The van der Waals surface area contributed by atoms with Crippen molar-refractivity contribution < 1.29 is 5.11 Å². The molecule has 0 spiro atoms. The van der Waals surface area contributed by atoms with Gasteiger partial charge in [0.15, 0.2) is 0 Å². The molecule has 114 valence electrons. The highest BCUT2D eigenvalue weighted by Gasteiger charge is 2.52. The van der Waals surface area contributed by atoms with Gasteiger partial charge in [0.05, 0.1) is 17.1 Å². The molecule has 0 aromatic heterocycles. The largest absolute Gasteiger partial charge is 0.388 e. The third-order valence-electron chi connectivity index (χ3n) is 6.02.